The maximum Gasteiger partial charge on any atom is 0.243 e. The van der Waals surface area contributed by atoms with Crippen molar-refractivity contribution in [2.45, 2.75) is 38.8 Å². The molecule has 0 fully saturated rings. The lowest BCUT2D eigenvalue weighted by Gasteiger charge is -2.20. The van der Waals surface area contributed by atoms with Crippen LogP contribution in [0.3, 0.4) is 0 Å². The first-order valence-electron chi connectivity index (χ1n) is 8.70. The Kier molecular flexibility index (Phi) is 5.73. The summed E-state index contributed by atoms with van der Waals surface area (Å²) in [6.07, 6.45) is 2.64. The van der Waals surface area contributed by atoms with Gasteiger partial charge in [0.25, 0.3) is 0 Å². The van der Waals surface area contributed by atoms with Crippen LogP contribution in [0.25, 0.3) is 10.9 Å². The second-order valence-electron chi connectivity index (χ2n) is 6.60. The van der Waals surface area contributed by atoms with Gasteiger partial charge in [0.2, 0.25) is 11.8 Å². The number of nitrogens with one attached hydrogen (secondary N) is 3. The molecule has 1 aromatic carbocycles. The van der Waals surface area contributed by atoms with Gasteiger partial charge in [-0.15, -0.1) is 11.3 Å². The van der Waals surface area contributed by atoms with Gasteiger partial charge >= 0.3 is 0 Å². The Morgan fingerprint density at radius 2 is 1.92 bits per heavy atom. The average molecular weight is 369 g/mol. The van der Waals surface area contributed by atoms with Crippen molar-refractivity contribution in [3.63, 3.8) is 0 Å². The fraction of sp³-hybridized carbons (Fsp3) is 0.300. The van der Waals surface area contributed by atoms with Crippen LogP contribution < -0.4 is 10.6 Å². The monoisotopic (exact) mass is 369 g/mol. The number of hydrogen-bond donors (Lipinski definition) is 3. The molecule has 6 heteroatoms. The fourth-order valence-electron chi connectivity index (χ4n) is 2.93. The number of thiophene rings is 1. The SMILES string of the molecule is CC(C)NC(=O)[C@H](Cc1c[nH]c2ccccc12)NC(=O)Cc1cccs1. The van der Waals surface area contributed by atoms with Gasteiger partial charge in [-0.2, -0.15) is 0 Å². The van der Waals surface area contributed by atoms with E-state index in [1.807, 2.05) is 61.8 Å². The second-order valence-corrected chi connectivity index (χ2v) is 7.64. The van der Waals surface area contributed by atoms with E-state index >= 15 is 0 Å². The minimum atomic E-state index is -0.607. The van der Waals surface area contributed by atoms with Crippen molar-refractivity contribution >= 4 is 34.1 Å². The maximum atomic E-state index is 12.6. The Hall–Kier alpha value is -2.60. The molecule has 0 aliphatic heterocycles. The van der Waals surface area contributed by atoms with E-state index in [9.17, 15) is 9.59 Å². The lowest BCUT2D eigenvalue weighted by atomic mass is 10.0. The standard InChI is InChI=1S/C20H23N3O2S/c1-13(2)22-20(25)18(23-19(24)11-15-6-5-9-26-15)10-14-12-21-17-8-4-3-7-16(14)17/h3-9,12-13,18,21H,10-11H2,1-2H3,(H,22,25)(H,23,24)/t18-/m0/s1. The lowest BCUT2D eigenvalue weighted by Crippen LogP contribution is -2.50. The van der Waals surface area contributed by atoms with Gasteiger partial charge in [-0.25, -0.2) is 0 Å². The predicted octanol–water partition coefficient (Wildman–Crippen LogP) is 3.02. The number of amides is 2. The molecule has 5 nitrogen and oxygen atoms in total. The van der Waals surface area contributed by atoms with Gasteiger partial charge in [0.05, 0.1) is 6.42 Å². The Bertz CT molecular complexity index is 883. The zero-order valence-electron chi connectivity index (χ0n) is 14.9. The van der Waals surface area contributed by atoms with E-state index in [4.69, 9.17) is 0 Å². The molecule has 2 amide bonds. The number of rotatable bonds is 7. The number of aromatic nitrogens is 1. The van der Waals surface area contributed by atoms with Crippen LogP contribution in [0, 0.1) is 0 Å². The van der Waals surface area contributed by atoms with Crippen molar-refractivity contribution in [3.8, 4) is 0 Å². The van der Waals surface area contributed by atoms with Crippen molar-refractivity contribution < 1.29 is 9.59 Å². The third-order valence-corrected chi connectivity index (χ3v) is 4.97. The molecule has 136 valence electrons. The first kappa shape index (κ1) is 18.2. The highest BCUT2D eigenvalue weighted by atomic mass is 32.1. The predicted molar refractivity (Wildman–Crippen MR) is 105 cm³/mol. The average Bonchev–Trinajstić information content (AvgIpc) is 3.24. The number of benzene rings is 1. The molecule has 0 saturated carbocycles. The van der Waals surface area contributed by atoms with Crippen LogP contribution >= 0.6 is 11.3 Å². The Morgan fingerprint density at radius 3 is 2.65 bits per heavy atom. The van der Waals surface area contributed by atoms with Crippen LogP contribution in [0.5, 0.6) is 0 Å². The molecule has 2 aromatic heterocycles. The van der Waals surface area contributed by atoms with E-state index in [2.05, 4.69) is 15.6 Å². The molecule has 2 heterocycles. The number of carbonyl (C=O) groups excluding carboxylic acids is 2. The molecule has 0 saturated heterocycles. The molecule has 26 heavy (non-hydrogen) atoms. The molecule has 0 unspecified atom stereocenters. The third kappa shape index (κ3) is 4.52. The summed E-state index contributed by atoms with van der Waals surface area (Å²) in [6, 6.07) is 11.2. The second kappa shape index (κ2) is 8.19. The zero-order chi connectivity index (χ0) is 18.5. The van der Waals surface area contributed by atoms with E-state index < -0.39 is 6.04 Å². The number of para-hydroxylation sites is 1. The van der Waals surface area contributed by atoms with Gasteiger partial charge < -0.3 is 15.6 Å². The van der Waals surface area contributed by atoms with Crippen LogP contribution in [0.2, 0.25) is 0 Å². The summed E-state index contributed by atoms with van der Waals surface area (Å²) in [6.45, 7) is 3.82. The van der Waals surface area contributed by atoms with Crippen molar-refractivity contribution in [3.05, 3.63) is 58.4 Å². The highest BCUT2D eigenvalue weighted by Crippen LogP contribution is 2.19. The summed E-state index contributed by atoms with van der Waals surface area (Å²) >= 11 is 1.54. The Labute approximate surface area is 156 Å². The zero-order valence-corrected chi connectivity index (χ0v) is 15.7. The Morgan fingerprint density at radius 1 is 1.12 bits per heavy atom. The van der Waals surface area contributed by atoms with Crippen molar-refractivity contribution in [1.29, 1.82) is 0 Å². The smallest absolute Gasteiger partial charge is 0.243 e. The molecule has 3 aromatic rings. The lowest BCUT2D eigenvalue weighted by molar-refractivity contribution is -0.129. The first-order valence-corrected chi connectivity index (χ1v) is 9.58. The number of carbonyl (C=O) groups is 2. The molecule has 1 atom stereocenters. The van der Waals surface area contributed by atoms with Crippen LogP contribution in [0.1, 0.15) is 24.3 Å². The number of fused-ring (bicyclic) bond motifs is 1. The minimum absolute atomic E-state index is 0.0159. The summed E-state index contributed by atoms with van der Waals surface area (Å²) in [4.78, 5) is 29.2. The van der Waals surface area contributed by atoms with Crippen LogP contribution in [-0.2, 0) is 22.4 Å². The molecular weight excluding hydrogens is 346 g/mol. The molecule has 0 aliphatic carbocycles. The van der Waals surface area contributed by atoms with Gasteiger partial charge in [-0.3, -0.25) is 9.59 Å². The van der Waals surface area contributed by atoms with Gasteiger partial charge in [0.15, 0.2) is 0 Å². The highest BCUT2D eigenvalue weighted by Gasteiger charge is 2.23. The third-order valence-electron chi connectivity index (χ3n) is 4.10. The van der Waals surface area contributed by atoms with Gasteiger partial charge in [0, 0.05) is 34.4 Å². The number of H-pyrrole nitrogens is 1. The van der Waals surface area contributed by atoms with Gasteiger partial charge in [0.1, 0.15) is 6.04 Å². The molecule has 0 radical (unpaired) electrons. The van der Waals surface area contributed by atoms with Gasteiger partial charge in [-0.1, -0.05) is 24.3 Å². The number of aromatic amines is 1. The van der Waals surface area contributed by atoms with Crippen molar-refractivity contribution in [2.75, 3.05) is 0 Å². The molecule has 0 bridgehead atoms. The van der Waals surface area contributed by atoms with Crippen LogP contribution in [0.4, 0.5) is 0 Å². The molecular formula is C20H23N3O2S. The van der Waals surface area contributed by atoms with E-state index in [1.54, 1.807) is 0 Å². The van der Waals surface area contributed by atoms with E-state index in [-0.39, 0.29) is 24.3 Å². The van der Waals surface area contributed by atoms with Crippen molar-refractivity contribution in [2.24, 2.45) is 0 Å². The topological polar surface area (TPSA) is 74.0 Å². The summed E-state index contributed by atoms with van der Waals surface area (Å²) in [5, 5.41) is 8.83. The van der Waals surface area contributed by atoms with E-state index in [0.29, 0.717) is 6.42 Å². The van der Waals surface area contributed by atoms with E-state index in [1.165, 1.54) is 11.3 Å². The fourth-order valence-corrected chi connectivity index (χ4v) is 3.64. The highest BCUT2D eigenvalue weighted by molar-refractivity contribution is 7.10. The Balaban J connectivity index is 1.76. The summed E-state index contributed by atoms with van der Waals surface area (Å²) in [7, 11) is 0. The van der Waals surface area contributed by atoms with Gasteiger partial charge in [-0.05, 0) is 36.9 Å². The molecule has 3 N–H and O–H groups in total. The molecule has 0 aliphatic rings. The minimum Gasteiger partial charge on any atom is -0.361 e. The van der Waals surface area contributed by atoms with E-state index in [0.717, 1.165) is 21.3 Å². The summed E-state index contributed by atoms with van der Waals surface area (Å²) in [5.41, 5.74) is 2.04. The quantitative estimate of drug-likeness (QED) is 0.599. The molecule has 3 rings (SSSR count). The van der Waals surface area contributed by atoms with Crippen LogP contribution in [-0.4, -0.2) is 28.9 Å². The normalized spacial score (nSPS) is 12.3. The van der Waals surface area contributed by atoms with Crippen LogP contribution in [0.15, 0.2) is 48.0 Å². The summed E-state index contributed by atoms with van der Waals surface area (Å²) in [5.74, 6) is -0.305. The largest absolute Gasteiger partial charge is 0.361 e. The van der Waals surface area contributed by atoms with Crippen molar-refractivity contribution in [1.82, 2.24) is 15.6 Å². The maximum absolute atomic E-state index is 12.6. The molecule has 0 spiro atoms. The number of hydrogen-bond acceptors (Lipinski definition) is 3. The first-order chi connectivity index (χ1) is 12.5. The summed E-state index contributed by atoms with van der Waals surface area (Å²) < 4.78 is 0.